The Labute approximate surface area is 116 Å². The minimum Gasteiger partial charge on any atom is -0.480 e. The number of carbonyl (C=O) groups is 1. The maximum absolute atomic E-state index is 11.4. The zero-order valence-corrected chi connectivity index (χ0v) is 12.1. The summed E-state index contributed by atoms with van der Waals surface area (Å²) in [5.74, 6) is -0.177. The van der Waals surface area contributed by atoms with Crippen LogP contribution in [0.5, 0.6) is 0 Å². The van der Waals surface area contributed by atoms with Crippen LogP contribution in [0, 0.1) is 5.41 Å². The Morgan fingerprint density at radius 2 is 2.11 bits per heavy atom. The molecule has 2 N–H and O–H groups in total. The van der Waals surface area contributed by atoms with Gasteiger partial charge in [-0.15, -0.1) is 0 Å². The highest BCUT2D eigenvalue weighted by Gasteiger charge is 2.25. The van der Waals surface area contributed by atoms with Crippen molar-refractivity contribution >= 4 is 33.4 Å². The van der Waals surface area contributed by atoms with E-state index in [0.29, 0.717) is 12.2 Å². The van der Waals surface area contributed by atoms with E-state index >= 15 is 0 Å². The summed E-state index contributed by atoms with van der Waals surface area (Å²) in [5.41, 5.74) is -0.0537. The molecule has 0 saturated heterocycles. The van der Waals surface area contributed by atoms with Crippen molar-refractivity contribution < 1.29 is 9.90 Å². The first-order valence-electron chi connectivity index (χ1n) is 6.20. The molecule has 102 valence electrons. The number of anilines is 1. The number of carboxylic acid groups (broad SMARTS) is 1. The minimum absolute atomic E-state index is 0.0537. The van der Waals surface area contributed by atoms with Gasteiger partial charge in [-0.1, -0.05) is 32.9 Å². The lowest BCUT2D eigenvalue weighted by molar-refractivity contribution is -0.138. The lowest BCUT2D eigenvalue weighted by Gasteiger charge is -2.24. The summed E-state index contributed by atoms with van der Waals surface area (Å²) >= 11 is 1.38. The number of carboxylic acids is 1. The molecule has 0 aliphatic carbocycles. The molecular weight excluding hydrogens is 260 g/mol. The number of hydrogen-bond donors (Lipinski definition) is 2. The van der Waals surface area contributed by atoms with Gasteiger partial charge in [0.25, 0.3) is 0 Å². The van der Waals surface area contributed by atoms with Crippen LogP contribution in [0.2, 0.25) is 0 Å². The first kappa shape index (κ1) is 13.8. The number of rotatable bonds is 4. The second-order valence-electron chi connectivity index (χ2n) is 5.83. The molecule has 2 aromatic rings. The molecule has 4 nitrogen and oxygen atoms in total. The molecule has 5 heteroatoms. The van der Waals surface area contributed by atoms with Crippen LogP contribution in [-0.4, -0.2) is 21.5 Å². The number of nitrogens with one attached hydrogen (secondary N) is 1. The van der Waals surface area contributed by atoms with Crippen LogP contribution in [0.3, 0.4) is 0 Å². The van der Waals surface area contributed by atoms with E-state index in [4.69, 9.17) is 0 Å². The van der Waals surface area contributed by atoms with Gasteiger partial charge in [0.05, 0.1) is 4.70 Å². The van der Waals surface area contributed by atoms with Crippen LogP contribution in [0.15, 0.2) is 24.3 Å². The zero-order chi connectivity index (χ0) is 14.0. The van der Waals surface area contributed by atoms with Crippen molar-refractivity contribution in [1.29, 1.82) is 0 Å². The maximum atomic E-state index is 11.4. The van der Waals surface area contributed by atoms with Crippen molar-refractivity contribution in [2.75, 3.05) is 5.32 Å². The fraction of sp³-hybridized carbons (Fsp3) is 0.429. The van der Waals surface area contributed by atoms with E-state index in [1.165, 1.54) is 11.5 Å². The van der Waals surface area contributed by atoms with Crippen LogP contribution in [0.1, 0.15) is 27.2 Å². The van der Waals surface area contributed by atoms with Crippen molar-refractivity contribution in [3.63, 3.8) is 0 Å². The average Bonchev–Trinajstić information content (AvgIpc) is 2.70. The molecule has 1 aromatic heterocycles. The molecule has 1 heterocycles. The SMILES string of the molecule is CC(C)(C)CC(Nc1nsc2ccccc12)C(=O)O. The highest BCUT2D eigenvalue weighted by molar-refractivity contribution is 7.13. The molecule has 0 aliphatic rings. The number of fused-ring (bicyclic) bond motifs is 1. The third-order valence-electron chi connectivity index (χ3n) is 2.80. The summed E-state index contributed by atoms with van der Waals surface area (Å²) in [6.45, 7) is 6.09. The summed E-state index contributed by atoms with van der Waals surface area (Å²) in [4.78, 5) is 11.4. The molecular formula is C14H18N2O2S. The first-order chi connectivity index (χ1) is 8.87. The van der Waals surface area contributed by atoms with Gasteiger partial charge in [-0.3, -0.25) is 0 Å². The molecule has 0 bridgehead atoms. The Morgan fingerprint density at radius 1 is 1.42 bits per heavy atom. The van der Waals surface area contributed by atoms with Crippen LogP contribution >= 0.6 is 11.5 Å². The smallest absolute Gasteiger partial charge is 0.326 e. The van der Waals surface area contributed by atoms with E-state index in [1.807, 2.05) is 45.0 Å². The molecule has 0 radical (unpaired) electrons. The predicted octanol–water partition coefficient (Wildman–Crippen LogP) is 3.60. The molecule has 0 fully saturated rings. The van der Waals surface area contributed by atoms with Gasteiger partial charge in [-0.2, -0.15) is 4.37 Å². The van der Waals surface area contributed by atoms with Crippen LogP contribution in [-0.2, 0) is 4.79 Å². The molecule has 1 unspecified atom stereocenters. The third kappa shape index (κ3) is 3.44. The summed E-state index contributed by atoms with van der Waals surface area (Å²) in [6.07, 6.45) is 0.550. The first-order valence-corrected chi connectivity index (χ1v) is 6.98. The minimum atomic E-state index is -0.841. The van der Waals surface area contributed by atoms with Gasteiger partial charge in [0.1, 0.15) is 11.9 Å². The van der Waals surface area contributed by atoms with Crippen LogP contribution in [0.25, 0.3) is 10.1 Å². The molecule has 2 rings (SSSR count). The molecule has 0 aliphatic heterocycles. The Bertz CT molecular complexity index is 586. The number of aromatic nitrogens is 1. The zero-order valence-electron chi connectivity index (χ0n) is 11.3. The average molecular weight is 278 g/mol. The highest BCUT2D eigenvalue weighted by atomic mass is 32.1. The molecule has 19 heavy (non-hydrogen) atoms. The van der Waals surface area contributed by atoms with E-state index < -0.39 is 12.0 Å². The van der Waals surface area contributed by atoms with Crippen molar-refractivity contribution in [3.05, 3.63) is 24.3 Å². The summed E-state index contributed by atoms with van der Waals surface area (Å²) < 4.78 is 5.37. The van der Waals surface area contributed by atoms with Gasteiger partial charge < -0.3 is 10.4 Å². The van der Waals surface area contributed by atoms with Crippen molar-refractivity contribution in [2.45, 2.75) is 33.2 Å². The van der Waals surface area contributed by atoms with Crippen molar-refractivity contribution in [2.24, 2.45) is 5.41 Å². The van der Waals surface area contributed by atoms with Gasteiger partial charge in [-0.25, -0.2) is 4.79 Å². The number of benzene rings is 1. The van der Waals surface area contributed by atoms with E-state index in [1.54, 1.807) is 0 Å². The van der Waals surface area contributed by atoms with E-state index in [0.717, 1.165) is 10.1 Å². The molecule has 0 spiro atoms. The van der Waals surface area contributed by atoms with Crippen LogP contribution < -0.4 is 5.32 Å². The van der Waals surface area contributed by atoms with Gasteiger partial charge in [-0.05, 0) is 35.5 Å². The van der Waals surface area contributed by atoms with Gasteiger partial charge in [0, 0.05) is 5.39 Å². The summed E-state index contributed by atoms with van der Waals surface area (Å²) in [5, 5.41) is 13.4. The number of hydrogen-bond acceptors (Lipinski definition) is 4. The Morgan fingerprint density at radius 3 is 2.74 bits per heavy atom. The molecule has 0 amide bonds. The standard InChI is InChI=1S/C14H18N2O2S/c1-14(2,3)8-10(13(17)18)15-12-9-6-4-5-7-11(9)19-16-12/h4-7,10H,8H2,1-3H3,(H,15,16)(H,17,18). The normalized spacial score (nSPS) is 13.4. The fourth-order valence-corrected chi connectivity index (χ4v) is 2.71. The van der Waals surface area contributed by atoms with Crippen molar-refractivity contribution in [3.8, 4) is 0 Å². The van der Waals surface area contributed by atoms with E-state index in [-0.39, 0.29) is 5.41 Å². The fourth-order valence-electron chi connectivity index (χ4n) is 1.97. The molecule has 1 aromatic carbocycles. The number of aliphatic carboxylic acids is 1. The van der Waals surface area contributed by atoms with E-state index in [2.05, 4.69) is 9.69 Å². The van der Waals surface area contributed by atoms with Crippen molar-refractivity contribution in [1.82, 2.24) is 4.37 Å². The predicted molar refractivity (Wildman–Crippen MR) is 78.7 cm³/mol. The monoisotopic (exact) mass is 278 g/mol. The second-order valence-corrected chi connectivity index (χ2v) is 6.63. The second kappa shape index (κ2) is 5.17. The lowest BCUT2D eigenvalue weighted by Crippen LogP contribution is -2.33. The summed E-state index contributed by atoms with van der Waals surface area (Å²) in [6, 6.07) is 7.20. The molecule has 1 atom stereocenters. The molecule has 0 saturated carbocycles. The van der Waals surface area contributed by atoms with E-state index in [9.17, 15) is 9.90 Å². The quantitative estimate of drug-likeness (QED) is 0.897. The Balaban J connectivity index is 2.24. The topological polar surface area (TPSA) is 62.2 Å². The Kier molecular flexibility index (Phi) is 3.75. The van der Waals surface area contributed by atoms with Gasteiger partial charge in [0.2, 0.25) is 0 Å². The Hall–Kier alpha value is -1.62. The highest BCUT2D eigenvalue weighted by Crippen LogP contribution is 2.29. The summed E-state index contributed by atoms with van der Waals surface area (Å²) in [7, 11) is 0. The van der Waals surface area contributed by atoms with Gasteiger partial charge >= 0.3 is 5.97 Å². The maximum Gasteiger partial charge on any atom is 0.326 e. The van der Waals surface area contributed by atoms with Crippen LogP contribution in [0.4, 0.5) is 5.82 Å². The van der Waals surface area contributed by atoms with Gasteiger partial charge in [0.15, 0.2) is 0 Å². The third-order valence-corrected chi connectivity index (χ3v) is 3.63. The largest absolute Gasteiger partial charge is 0.480 e. The lowest BCUT2D eigenvalue weighted by atomic mass is 9.88. The number of nitrogens with zero attached hydrogens (tertiary/aromatic N) is 1.